The molecule has 0 spiro atoms. The molecule has 1 heterocycles. The van der Waals surface area contributed by atoms with E-state index < -0.39 is 92.9 Å². The summed E-state index contributed by atoms with van der Waals surface area (Å²) in [6.45, 7) is 13.8. The number of piperidine rings is 1. The smallest absolute Gasteiger partial charge is 0.326 e. The number of rotatable bonds is 12. The van der Waals surface area contributed by atoms with Crippen molar-refractivity contribution in [3.8, 4) is 0 Å². The number of likely N-dealkylation sites (tertiary alicyclic amines) is 1. The first kappa shape index (κ1) is 38.4. The van der Waals surface area contributed by atoms with Crippen molar-refractivity contribution in [3.05, 3.63) is 35.9 Å². The van der Waals surface area contributed by atoms with Crippen LogP contribution in [0.5, 0.6) is 0 Å². The van der Waals surface area contributed by atoms with E-state index in [4.69, 9.17) is 27.9 Å². The van der Waals surface area contributed by atoms with E-state index in [2.05, 4.69) is 21.3 Å². The van der Waals surface area contributed by atoms with Gasteiger partial charge in [0.2, 0.25) is 17.6 Å². The number of hydrogen-bond acceptors (Lipinski definition) is 7. The molecule has 49 heavy (non-hydrogen) atoms. The number of hydrogen-bond donors (Lipinski definition) is 4. The summed E-state index contributed by atoms with van der Waals surface area (Å²) in [5.41, 5.74) is -1.51. The van der Waals surface area contributed by atoms with Crippen molar-refractivity contribution >= 4 is 58.7 Å². The van der Waals surface area contributed by atoms with Crippen LogP contribution in [0.3, 0.4) is 0 Å². The van der Waals surface area contributed by atoms with Crippen LogP contribution in [0, 0.1) is 23.2 Å². The van der Waals surface area contributed by atoms with Crippen molar-refractivity contribution < 1.29 is 33.5 Å². The molecule has 4 rings (SSSR count). The second kappa shape index (κ2) is 14.1. The lowest BCUT2D eigenvalue weighted by molar-refractivity contribution is -0.157. The number of benzene rings is 1. The van der Waals surface area contributed by atoms with E-state index in [9.17, 15) is 28.8 Å². The Balaban J connectivity index is 1.45. The quantitative estimate of drug-likeness (QED) is 0.146. The summed E-state index contributed by atoms with van der Waals surface area (Å²) in [5.74, 6) is -4.76. The number of amides is 5. The minimum absolute atomic E-state index is 0.0763. The Morgan fingerprint density at radius 1 is 0.939 bits per heavy atom. The van der Waals surface area contributed by atoms with Gasteiger partial charge in [0.25, 0.3) is 5.91 Å². The van der Waals surface area contributed by atoms with Gasteiger partial charge >= 0.3 is 12.0 Å². The second-order valence-electron chi connectivity index (χ2n) is 16.0. The fourth-order valence-corrected chi connectivity index (χ4v) is 7.07. The first-order valence-corrected chi connectivity index (χ1v) is 17.5. The number of ketones is 1. The minimum Gasteiger partial charge on any atom is -0.453 e. The lowest BCUT2D eigenvalue weighted by Gasteiger charge is -2.38. The van der Waals surface area contributed by atoms with Gasteiger partial charge in [0, 0.05) is 23.9 Å². The van der Waals surface area contributed by atoms with Crippen molar-refractivity contribution in [2.24, 2.45) is 23.2 Å². The summed E-state index contributed by atoms with van der Waals surface area (Å²) in [6, 6.07) is 5.20. The number of carbonyl (C=O) groups is 6. The Labute approximate surface area is 298 Å². The standard InChI is InChI=1S/C35H49Cl2N5O7/c1-32(2,3)27(40-31(48)41-33(4,5)6)30(47)42-18-21-24(35(21,36)37)25(42)28(45)39-22(16-19-14-15-19)26(44)29(46)38-17-23(43)49-34(7,8)20-12-10-9-11-13-20/h9-13,19,21-22,24-25,27H,14-18H2,1-8H3,(H,38,46)(H,39,45)(H2,40,41,48)/t21-,22?,24-,25-,27+/m0/s1. The number of carbonyl (C=O) groups excluding carboxylic acids is 6. The molecule has 0 bridgehead atoms. The summed E-state index contributed by atoms with van der Waals surface area (Å²) in [5, 5.41) is 10.6. The van der Waals surface area contributed by atoms with Crippen LogP contribution in [0.2, 0.25) is 0 Å². The lowest BCUT2D eigenvalue weighted by Crippen LogP contribution is -2.62. The molecule has 1 aromatic rings. The number of fused-ring (bicyclic) bond motifs is 1. The Kier molecular flexibility index (Phi) is 11.0. The first-order valence-electron chi connectivity index (χ1n) is 16.7. The van der Waals surface area contributed by atoms with Gasteiger partial charge in [-0.05, 0) is 57.9 Å². The van der Waals surface area contributed by atoms with Gasteiger partial charge in [0.05, 0.1) is 6.04 Å². The van der Waals surface area contributed by atoms with E-state index >= 15 is 0 Å². The van der Waals surface area contributed by atoms with Crippen LogP contribution in [0.25, 0.3) is 0 Å². The third-order valence-electron chi connectivity index (χ3n) is 9.12. The Hall–Kier alpha value is -3.38. The molecule has 2 saturated carbocycles. The minimum atomic E-state index is -1.26. The Bertz CT molecular complexity index is 1470. The molecule has 3 aliphatic rings. The summed E-state index contributed by atoms with van der Waals surface area (Å²) in [7, 11) is 0. The van der Waals surface area contributed by atoms with Gasteiger partial charge in [0.1, 0.15) is 28.6 Å². The van der Waals surface area contributed by atoms with Crippen molar-refractivity contribution in [1.82, 2.24) is 26.2 Å². The maximum atomic E-state index is 14.1. The molecule has 1 saturated heterocycles. The molecule has 0 aromatic heterocycles. The molecular weight excluding hydrogens is 673 g/mol. The van der Waals surface area contributed by atoms with E-state index in [-0.39, 0.29) is 18.9 Å². The van der Waals surface area contributed by atoms with Crippen LogP contribution in [0.15, 0.2) is 30.3 Å². The molecule has 5 atom stereocenters. The van der Waals surface area contributed by atoms with Gasteiger partial charge in [-0.2, -0.15) is 0 Å². The number of urea groups is 1. The SMILES string of the molecule is CC(C)(C)NC(=O)N[C@H](C(=O)N1C[C@H]2[C@@H]([C@H]1C(=O)NC(CC1CC1)C(=O)C(=O)NCC(=O)OC(C)(C)c1ccccc1)C2(Cl)Cl)C(C)(C)C. The third-order valence-corrected chi connectivity index (χ3v) is 10.2. The predicted molar refractivity (Wildman–Crippen MR) is 184 cm³/mol. The largest absolute Gasteiger partial charge is 0.453 e. The highest BCUT2D eigenvalue weighted by Gasteiger charge is 2.74. The fourth-order valence-electron chi connectivity index (χ4n) is 6.25. The van der Waals surface area contributed by atoms with Crippen LogP contribution in [-0.4, -0.2) is 81.5 Å². The van der Waals surface area contributed by atoms with Crippen molar-refractivity contribution in [2.45, 2.75) is 108 Å². The highest BCUT2D eigenvalue weighted by Crippen LogP contribution is 2.65. The van der Waals surface area contributed by atoms with Crippen molar-refractivity contribution in [2.75, 3.05) is 13.1 Å². The topological polar surface area (TPSA) is 163 Å². The summed E-state index contributed by atoms with van der Waals surface area (Å²) in [4.78, 5) is 81.3. The van der Waals surface area contributed by atoms with E-state index in [0.29, 0.717) is 0 Å². The Morgan fingerprint density at radius 3 is 2.10 bits per heavy atom. The normalized spacial score (nSPS) is 22.6. The predicted octanol–water partition coefficient (Wildman–Crippen LogP) is 3.58. The molecule has 1 unspecified atom stereocenters. The van der Waals surface area contributed by atoms with Gasteiger partial charge in [-0.15, -0.1) is 23.2 Å². The van der Waals surface area contributed by atoms with Crippen LogP contribution in [0.4, 0.5) is 4.79 Å². The number of nitrogens with one attached hydrogen (secondary N) is 4. The highest BCUT2D eigenvalue weighted by molar-refractivity contribution is 6.51. The molecular formula is C35H49Cl2N5O7. The maximum absolute atomic E-state index is 14.1. The average Bonchev–Trinajstić information content (AvgIpc) is 3.84. The summed E-state index contributed by atoms with van der Waals surface area (Å²) < 4.78 is 4.30. The number of halogens is 2. The number of ether oxygens (including phenoxy) is 1. The van der Waals surface area contributed by atoms with Gasteiger partial charge in [-0.1, -0.05) is 63.9 Å². The average molecular weight is 723 g/mol. The van der Waals surface area contributed by atoms with Gasteiger partial charge in [-0.25, -0.2) is 4.79 Å². The van der Waals surface area contributed by atoms with Crippen molar-refractivity contribution in [3.63, 3.8) is 0 Å². The third kappa shape index (κ3) is 9.45. The summed E-state index contributed by atoms with van der Waals surface area (Å²) >= 11 is 13.1. The van der Waals surface area contributed by atoms with Gasteiger partial charge in [0.15, 0.2) is 0 Å². The molecule has 1 aromatic carbocycles. The summed E-state index contributed by atoms with van der Waals surface area (Å²) in [6.07, 6.45) is 1.89. The van der Waals surface area contributed by atoms with E-state index in [0.717, 1.165) is 18.4 Å². The molecule has 1 aliphatic heterocycles. The van der Waals surface area contributed by atoms with Crippen LogP contribution < -0.4 is 21.3 Å². The van der Waals surface area contributed by atoms with Crippen LogP contribution >= 0.6 is 23.2 Å². The fraction of sp³-hybridized carbons (Fsp3) is 0.657. The maximum Gasteiger partial charge on any atom is 0.326 e. The molecule has 2 aliphatic carbocycles. The zero-order chi connectivity index (χ0) is 36.7. The number of nitrogens with zero attached hydrogens (tertiary/aromatic N) is 1. The number of alkyl halides is 2. The monoisotopic (exact) mass is 721 g/mol. The molecule has 12 nitrogen and oxygen atoms in total. The number of esters is 1. The molecule has 3 fully saturated rings. The van der Waals surface area contributed by atoms with E-state index in [1.807, 2.05) is 51.1 Å². The van der Waals surface area contributed by atoms with Crippen LogP contribution in [0.1, 0.15) is 80.2 Å². The van der Waals surface area contributed by atoms with Crippen molar-refractivity contribution in [1.29, 1.82) is 0 Å². The molecule has 270 valence electrons. The molecule has 0 radical (unpaired) electrons. The molecule has 14 heteroatoms. The second-order valence-corrected chi connectivity index (χ2v) is 17.5. The highest BCUT2D eigenvalue weighted by atomic mass is 35.5. The zero-order valence-corrected chi connectivity index (χ0v) is 31.0. The number of Topliss-reactive ketones (excluding diaryl/α,β-unsaturated/α-hetero) is 1. The van der Waals surface area contributed by atoms with E-state index in [1.165, 1.54) is 4.90 Å². The van der Waals surface area contributed by atoms with E-state index in [1.54, 1.807) is 34.6 Å². The van der Waals surface area contributed by atoms with Crippen LogP contribution in [-0.2, 0) is 34.3 Å². The van der Waals surface area contributed by atoms with Gasteiger partial charge < -0.3 is 30.9 Å². The molecule has 5 amide bonds. The Morgan fingerprint density at radius 2 is 1.55 bits per heavy atom. The molecule has 4 N–H and O–H groups in total. The first-order chi connectivity index (χ1) is 22.5. The van der Waals surface area contributed by atoms with Gasteiger partial charge in [-0.3, -0.25) is 24.0 Å². The zero-order valence-electron chi connectivity index (χ0n) is 29.4. The lowest BCUT2D eigenvalue weighted by atomic mass is 9.85.